The second-order valence-electron chi connectivity index (χ2n) is 4.08. The van der Waals surface area contributed by atoms with Crippen molar-refractivity contribution < 1.29 is 19.4 Å². The molecule has 1 heterocycles. The van der Waals surface area contributed by atoms with Gasteiger partial charge < -0.3 is 20.3 Å². The summed E-state index contributed by atoms with van der Waals surface area (Å²) >= 11 is 0. The number of hydrogen-bond donors (Lipinski definition) is 2. The van der Waals surface area contributed by atoms with E-state index in [4.69, 9.17) is 20.3 Å². The van der Waals surface area contributed by atoms with Gasteiger partial charge in [-0.15, -0.1) is 0 Å². The van der Waals surface area contributed by atoms with E-state index >= 15 is 0 Å². The lowest BCUT2D eigenvalue weighted by Gasteiger charge is -2.14. The van der Waals surface area contributed by atoms with Crippen LogP contribution in [0, 0.1) is 6.92 Å². The predicted molar refractivity (Wildman–Crippen MR) is 61.1 cm³/mol. The molecule has 0 aliphatic carbocycles. The maximum absolute atomic E-state index is 10.5. The zero-order chi connectivity index (χ0) is 12.4. The van der Waals surface area contributed by atoms with Gasteiger partial charge in [0.05, 0.1) is 0 Å². The number of benzene rings is 1. The van der Waals surface area contributed by atoms with E-state index < -0.39 is 5.97 Å². The molecule has 0 saturated heterocycles. The Labute approximate surface area is 99.1 Å². The SMILES string of the molecule is Cc1ccc(C(N)CCC(=O)O)c2c1OCO2. The van der Waals surface area contributed by atoms with Gasteiger partial charge >= 0.3 is 5.97 Å². The molecule has 1 aromatic rings. The number of carboxylic acids is 1. The molecule has 1 aliphatic rings. The summed E-state index contributed by atoms with van der Waals surface area (Å²) in [4.78, 5) is 10.5. The van der Waals surface area contributed by atoms with Crippen molar-refractivity contribution in [3.63, 3.8) is 0 Å². The quantitative estimate of drug-likeness (QED) is 0.831. The van der Waals surface area contributed by atoms with Gasteiger partial charge in [-0.05, 0) is 18.9 Å². The largest absolute Gasteiger partial charge is 0.481 e. The van der Waals surface area contributed by atoms with Crippen LogP contribution in [0.3, 0.4) is 0 Å². The van der Waals surface area contributed by atoms with E-state index in [9.17, 15) is 4.79 Å². The van der Waals surface area contributed by atoms with Crippen LogP contribution in [-0.4, -0.2) is 17.9 Å². The Morgan fingerprint density at radius 2 is 2.18 bits per heavy atom. The minimum Gasteiger partial charge on any atom is -0.481 e. The van der Waals surface area contributed by atoms with Crippen LogP contribution in [0.25, 0.3) is 0 Å². The van der Waals surface area contributed by atoms with Crippen LogP contribution < -0.4 is 15.2 Å². The number of ether oxygens (including phenoxy) is 2. The monoisotopic (exact) mass is 237 g/mol. The van der Waals surface area contributed by atoms with Crippen LogP contribution in [-0.2, 0) is 4.79 Å². The van der Waals surface area contributed by atoms with Crippen molar-refractivity contribution in [1.82, 2.24) is 0 Å². The van der Waals surface area contributed by atoms with E-state index in [1.807, 2.05) is 19.1 Å². The van der Waals surface area contributed by atoms with Crippen molar-refractivity contribution in [3.8, 4) is 11.5 Å². The first-order valence-corrected chi connectivity index (χ1v) is 5.46. The van der Waals surface area contributed by atoms with Gasteiger partial charge in [0.2, 0.25) is 6.79 Å². The highest BCUT2D eigenvalue weighted by molar-refractivity contribution is 5.66. The average molecular weight is 237 g/mol. The normalized spacial score (nSPS) is 14.7. The second kappa shape index (κ2) is 4.63. The van der Waals surface area contributed by atoms with Crippen LogP contribution in [0.15, 0.2) is 12.1 Å². The third-order valence-electron chi connectivity index (χ3n) is 2.81. The molecular formula is C12H15NO4. The molecule has 0 saturated carbocycles. The first kappa shape index (κ1) is 11.7. The van der Waals surface area contributed by atoms with E-state index in [1.54, 1.807) is 0 Å². The molecule has 0 bridgehead atoms. The van der Waals surface area contributed by atoms with Crippen molar-refractivity contribution in [2.75, 3.05) is 6.79 Å². The van der Waals surface area contributed by atoms with Crippen molar-refractivity contribution in [2.24, 2.45) is 5.73 Å². The summed E-state index contributed by atoms with van der Waals surface area (Å²) in [7, 11) is 0. The molecule has 5 nitrogen and oxygen atoms in total. The van der Waals surface area contributed by atoms with Crippen LogP contribution >= 0.6 is 0 Å². The Hall–Kier alpha value is -1.75. The first-order chi connectivity index (χ1) is 8.09. The predicted octanol–water partition coefficient (Wildman–Crippen LogP) is 1.59. The number of aliphatic carboxylic acids is 1. The molecular weight excluding hydrogens is 222 g/mol. The second-order valence-corrected chi connectivity index (χ2v) is 4.08. The number of carbonyl (C=O) groups is 1. The average Bonchev–Trinajstić information content (AvgIpc) is 2.76. The number of fused-ring (bicyclic) bond motifs is 1. The Morgan fingerprint density at radius 3 is 2.88 bits per heavy atom. The molecule has 1 aliphatic heterocycles. The minimum absolute atomic E-state index is 0.0463. The lowest BCUT2D eigenvalue weighted by atomic mass is 10.00. The van der Waals surface area contributed by atoms with Crippen molar-refractivity contribution in [3.05, 3.63) is 23.3 Å². The molecule has 0 radical (unpaired) electrons. The van der Waals surface area contributed by atoms with E-state index in [0.717, 1.165) is 11.1 Å². The fourth-order valence-corrected chi connectivity index (χ4v) is 1.88. The fraction of sp³-hybridized carbons (Fsp3) is 0.417. The van der Waals surface area contributed by atoms with Crippen molar-refractivity contribution in [2.45, 2.75) is 25.8 Å². The molecule has 0 amide bonds. The van der Waals surface area contributed by atoms with Crippen LogP contribution in [0.4, 0.5) is 0 Å². The summed E-state index contributed by atoms with van der Waals surface area (Å²) in [5.41, 5.74) is 7.77. The highest BCUT2D eigenvalue weighted by Crippen LogP contribution is 2.41. The van der Waals surface area contributed by atoms with E-state index in [1.165, 1.54) is 0 Å². The van der Waals surface area contributed by atoms with Gasteiger partial charge in [0.25, 0.3) is 0 Å². The summed E-state index contributed by atoms with van der Waals surface area (Å²) in [6.07, 6.45) is 0.429. The van der Waals surface area contributed by atoms with Crippen LogP contribution in [0.2, 0.25) is 0 Å². The molecule has 0 aromatic heterocycles. The highest BCUT2D eigenvalue weighted by atomic mass is 16.7. The summed E-state index contributed by atoms with van der Waals surface area (Å²) < 4.78 is 10.7. The van der Waals surface area contributed by atoms with Gasteiger partial charge in [-0.25, -0.2) is 0 Å². The van der Waals surface area contributed by atoms with Gasteiger partial charge in [0, 0.05) is 18.0 Å². The van der Waals surface area contributed by atoms with Crippen molar-refractivity contribution >= 4 is 5.97 Å². The number of aryl methyl sites for hydroxylation is 1. The first-order valence-electron chi connectivity index (χ1n) is 5.46. The topological polar surface area (TPSA) is 81.8 Å². The summed E-state index contributed by atoms with van der Waals surface area (Å²) in [6, 6.07) is 3.43. The van der Waals surface area contributed by atoms with Crippen LogP contribution in [0.5, 0.6) is 11.5 Å². The summed E-state index contributed by atoms with van der Waals surface area (Å²) in [6.45, 7) is 2.12. The zero-order valence-electron chi connectivity index (χ0n) is 9.60. The Balaban J connectivity index is 2.21. The molecule has 0 spiro atoms. The zero-order valence-corrected chi connectivity index (χ0v) is 9.60. The Kier molecular flexibility index (Phi) is 3.19. The molecule has 5 heteroatoms. The number of hydrogen-bond acceptors (Lipinski definition) is 4. The standard InChI is InChI=1S/C12H15NO4/c1-7-2-3-8(9(13)4-5-10(14)15)12-11(7)16-6-17-12/h2-3,9H,4-6,13H2,1H3,(H,14,15). The van der Waals surface area contributed by atoms with E-state index in [2.05, 4.69) is 0 Å². The number of rotatable bonds is 4. The molecule has 0 fully saturated rings. The molecule has 2 rings (SSSR count). The Bertz CT molecular complexity index is 444. The van der Waals surface area contributed by atoms with Gasteiger partial charge in [-0.2, -0.15) is 0 Å². The summed E-state index contributed by atoms with van der Waals surface area (Å²) in [5.74, 6) is 0.525. The summed E-state index contributed by atoms with van der Waals surface area (Å²) in [5, 5.41) is 8.64. The van der Waals surface area contributed by atoms with Crippen molar-refractivity contribution in [1.29, 1.82) is 0 Å². The molecule has 92 valence electrons. The van der Waals surface area contributed by atoms with Crippen LogP contribution in [0.1, 0.15) is 30.0 Å². The maximum atomic E-state index is 10.5. The highest BCUT2D eigenvalue weighted by Gasteiger charge is 2.23. The maximum Gasteiger partial charge on any atom is 0.303 e. The lowest BCUT2D eigenvalue weighted by molar-refractivity contribution is -0.137. The molecule has 1 atom stereocenters. The number of carboxylic acid groups (broad SMARTS) is 1. The van der Waals surface area contributed by atoms with E-state index in [-0.39, 0.29) is 19.3 Å². The fourth-order valence-electron chi connectivity index (χ4n) is 1.88. The number of nitrogens with two attached hydrogens (primary N) is 1. The van der Waals surface area contributed by atoms with Gasteiger partial charge in [0.1, 0.15) is 0 Å². The molecule has 17 heavy (non-hydrogen) atoms. The third-order valence-corrected chi connectivity index (χ3v) is 2.81. The minimum atomic E-state index is -0.846. The molecule has 1 aromatic carbocycles. The lowest BCUT2D eigenvalue weighted by Crippen LogP contribution is -2.13. The smallest absolute Gasteiger partial charge is 0.303 e. The van der Waals surface area contributed by atoms with Gasteiger partial charge in [-0.3, -0.25) is 4.79 Å². The van der Waals surface area contributed by atoms with E-state index in [0.29, 0.717) is 17.9 Å². The third kappa shape index (κ3) is 2.34. The molecule has 1 unspecified atom stereocenters. The van der Waals surface area contributed by atoms with Gasteiger partial charge in [0.15, 0.2) is 11.5 Å². The molecule has 3 N–H and O–H groups in total. The Morgan fingerprint density at radius 1 is 1.47 bits per heavy atom. The van der Waals surface area contributed by atoms with Gasteiger partial charge in [-0.1, -0.05) is 12.1 Å².